The number of aryl methyl sites for hydroxylation is 2. The van der Waals surface area contributed by atoms with Crippen molar-refractivity contribution in [2.45, 2.75) is 34.1 Å². The molecule has 18 heavy (non-hydrogen) atoms. The number of nitrogens with zero attached hydrogens (tertiary/aromatic N) is 4. The molecule has 5 heteroatoms. The van der Waals surface area contributed by atoms with E-state index >= 15 is 0 Å². The molecule has 0 aliphatic carbocycles. The van der Waals surface area contributed by atoms with Crippen LogP contribution in [0.25, 0.3) is 5.82 Å². The molecule has 1 N–H and O–H groups in total. The van der Waals surface area contributed by atoms with Crippen LogP contribution in [0.1, 0.15) is 30.3 Å². The number of rotatable bonds is 4. The third-order valence-electron chi connectivity index (χ3n) is 2.96. The first-order chi connectivity index (χ1) is 8.63. The third-order valence-corrected chi connectivity index (χ3v) is 2.96. The highest BCUT2D eigenvalue weighted by atomic mass is 15.2. The molecule has 0 bridgehead atoms. The standard InChI is InChI=1S/C13H19N5/c1-5-6-14-13-15-7-9(2)12(17-13)18-8-16-10(3)11(18)4/h7-8H,5-6H2,1-4H3,(H,14,15,17). The highest BCUT2D eigenvalue weighted by Gasteiger charge is 2.09. The molecule has 96 valence electrons. The lowest BCUT2D eigenvalue weighted by Crippen LogP contribution is -2.09. The fourth-order valence-electron chi connectivity index (χ4n) is 1.71. The molecule has 0 saturated heterocycles. The van der Waals surface area contributed by atoms with Crippen LogP contribution in [0, 0.1) is 20.8 Å². The summed E-state index contributed by atoms with van der Waals surface area (Å²) in [6.07, 6.45) is 4.70. The summed E-state index contributed by atoms with van der Waals surface area (Å²) < 4.78 is 2.00. The number of anilines is 1. The maximum Gasteiger partial charge on any atom is 0.224 e. The van der Waals surface area contributed by atoms with Gasteiger partial charge in [-0.25, -0.2) is 9.97 Å². The van der Waals surface area contributed by atoms with E-state index in [2.05, 4.69) is 27.2 Å². The Kier molecular flexibility index (Phi) is 3.60. The van der Waals surface area contributed by atoms with Crippen LogP contribution in [0.5, 0.6) is 0 Å². The summed E-state index contributed by atoms with van der Waals surface area (Å²) in [4.78, 5) is 13.1. The summed E-state index contributed by atoms with van der Waals surface area (Å²) in [6.45, 7) is 9.05. The molecule has 0 atom stereocenters. The molecule has 2 aromatic rings. The van der Waals surface area contributed by atoms with Crippen molar-refractivity contribution < 1.29 is 0 Å². The molecule has 5 nitrogen and oxygen atoms in total. The molecule has 0 spiro atoms. The third kappa shape index (κ3) is 2.34. The summed E-state index contributed by atoms with van der Waals surface area (Å²) in [5, 5.41) is 3.20. The van der Waals surface area contributed by atoms with E-state index in [0.717, 1.165) is 35.7 Å². The number of nitrogens with one attached hydrogen (secondary N) is 1. The normalized spacial score (nSPS) is 10.7. The Morgan fingerprint density at radius 3 is 2.61 bits per heavy atom. The minimum atomic E-state index is 0.670. The quantitative estimate of drug-likeness (QED) is 0.898. The zero-order chi connectivity index (χ0) is 13.1. The van der Waals surface area contributed by atoms with Crippen molar-refractivity contribution in [1.82, 2.24) is 19.5 Å². The second-order valence-corrected chi connectivity index (χ2v) is 4.41. The Morgan fingerprint density at radius 2 is 2.00 bits per heavy atom. The molecule has 0 aromatic carbocycles. The predicted octanol–water partition coefficient (Wildman–Crippen LogP) is 2.41. The van der Waals surface area contributed by atoms with Crippen LogP contribution in [-0.4, -0.2) is 26.1 Å². The Bertz CT molecular complexity index is 544. The highest BCUT2D eigenvalue weighted by Crippen LogP contribution is 2.16. The molecular weight excluding hydrogens is 226 g/mol. The molecule has 0 unspecified atom stereocenters. The molecule has 2 rings (SSSR count). The van der Waals surface area contributed by atoms with Crippen LogP contribution in [-0.2, 0) is 0 Å². The minimum absolute atomic E-state index is 0.670. The van der Waals surface area contributed by atoms with E-state index in [4.69, 9.17) is 0 Å². The van der Waals surface area contributed by atoms with E-state index in [9.17, 15) is 0 Å². The van der Waals surface area contributed by atoms with Crippen LogP contribution in [0.2, 0.25) is 0 Å². The van der Waals surface area contributed by atoms with Crippen molar-refractivity contribution in [2.75, 3.05) is 11.9 Å². The van der Waals surface area contributed by atoms with Gasteiger partial charge in [-0.15, -0.1) is 0 Å². The second kappa shape index (κ2) is 5.16. The van der Waals surface area contributed by atoms with Gasteiger partial charge in [0.1, 0.15) is 12.1 Å². The van der Waals surface area contributed by atoms with Gasteiger partial charge in [0, 0.05) is 24.0 Å². The molecule has 0 aliphatic rings. The second-order valence-electron chi connectivity index (χ2n) is 4.41. The van der Waals surface area contributed by atoms with Crippen molar-refractivity contribution in [1.29, 1.82) is 0 Å². The maximum atomic E-state index is 4.55. The summed E-state index contributed by atoms with van der Waals surface area (Å²) in [7, 11) is 0. The first kappa shape index (κ1) is 12.5. The first-order valence-electron chi connectivity index (χ1n) is 6.22. The van der Waals surface area contributed by atoms with Gasteiger partial charge in [-0.2, -0.15) is 4.98 Å². The van der Waals surface area contributed by atoms with E-state index in [1.807, 2.05) is 37.9 Å². The van der Waals surface area contributed by atoms with Crippen LogP contribution in [0.3, 0.4) is 0 Å². The predicted molar refractivity (Wildman–Crippen MR) is 72.1 cm³/mol. The average Bonchev–Trinajstić information content (AvgIpc) is 2.69. The Morgan fingerprint density at radius 1 is 1.22 bits per heavy atom. The van der Waals surface area contributed by atoms with Crippen molar-refractivity contribution in [3.8, 4) is 5.82 Å². The van der Waals surface area contributed by atoms with Crippen molar-refractivity contribution >= 4 is 5.95 Å². The van der Waals surface area contributed by atoms with Crippen LogP contribution in [0.15, 0.2) is 12.5 Å². The van der Waals surface area contributed by atoms with Crippen molar-refractivity contribution in [3.05, 3.63) is 29.5 Å². The van der Waals surface area contributed by atoms with Gasteiger partial charge in [-0.1, -0.05) is 6.92 Å². The lowest BCUT2D eigenvalue weighted by atomic mass is 10.3. The summed E-state index contributed by atoms with van der Waals surface area (Å²) in [6, 6.07) is 0. The highest BCUT2D eigenvalue weighted by molar-refractivity contribution is 5.39. The minimum Gasteiger partial charge on any atom is -0.354 e. The van der Waals surface area contributed by atoms with Gasteiger partial charge in [-0.05, 0) is 27.2 Å². The Balaban J connectivity index is 2.40. The Labute approximate surface area is 107 Å². The van der Waals surface area contributed by atoms with E-state index in [1.54, 1.807) is 0 Å². The van der Waals surface area contributed by atoms with Gasteiger partial charge in [0.2, 0.25) is 5.95 Å². The van der Waals surface area contributed by atoms with Gasteiger partial charge in [0.25, 0.3) is 0 Å². The van der Waals surface area contributed by atoms with Gasteiger partial charge in [-0.3, -0.25) is 4.57 Å². The van der Waals surface area contributed by atoms with Gasteiger partial charge >= 0.3 is 0 Å². The lowest BCUT2D eigenvalue weighted by Gasteiger charge is -2.10. The fraction of sp³-hybridized carbons (Fsp3) is 0.462. The zero-order valence-electron chi connectivity index (χ0n) is 11.4. The molecule has 0 saturated carbocycles. The average molecular weight is 245 g/mol. The van der Waals surface area contributed by atoms with Crippen LogP contribution >= 0.6 is 0 Å². The maximum absolute atomic E-state index is 4.55. The van der Waals surface area contributed by atoms with E-state index < -0.39 is 0 Å². The molecular formula is C13H19N5. The molecule has 0 amide bonds. The fourth-order valence-corrected chi connectivity index (χ4v) is 1.71. The van der Waals surface area contributed by atoms with Crippen LogP contribution < -0.4 is 5.32 Å². The summed E-state index contributed by atoms with van der Waals surface area (Å²) in [5.74, 6) is 1.56. The van der Waals surface area contributed by atoms with Crippen LogP contribution in [0.4, 0.5) is 5.95 Å². The molecule has 2 aromatic heterocycles. The SMILES string of the molecule is CCCNc1ncc(C)c(-n2cnc(C)c2C)n1. The van der Waals surface area contributed by atoms with Gasteiger partial charge in [0.15, 0.2) is 0 Å². The summed E-state index contributed by atoms with van der Waals surface area (Å²) >= 11 is 0. The molecule has 0 aliphatic heterocycles. The number of aromatic nitrogens is 4. The van der Waals surface area contributed by atoms with Crippen molar-refractivity contribution in [2.24, 2.45) is 0 Å². The van der Waals surface area contributed by atoms with Gasteiger partial charge in [0.05, 0.1) is 5.69 Å². The Hall–Kier alpha value is -1.91. The molecule has 2 heterocycles. The van der Waals surface area contributed by atoms with E-state index in [1.165, 1.54) is 0 Å². The topological polar surface area (TPSA) is 55.6 Å². The van der Waals surface area contributed by atoms with E-state index in [0.29, 0.717) is 5.95 Å². The lowest BCUT2D eigenvalue weighted by molar-refractivity contribution is 0.900. The number of hydrogen-bond donors (Lipinski definition) is 1. The van der Waals surface area contributed by atoms with E-state index in [-0.39, 0.29) is 0 Å². The molecule has 0 fully saturated rings. The van der Waals surface area contributed by atoms with Crippen molar-refractivity contribution in [3.63, 3.8) is 0 Å². The number of imidazole rings is 1. The summed E-state index contributed by atoms with van der Waals surface area (Å²) in [5.41, 5.74) is 3.17. The smallest absolute Gasteiger partial charge is 0.224 e. The zero-order valence-corrected chi connectivity index (χ0v) is 11.4. The monoisotopic (exact) mass is 245 g/mol. The molecule has 0 radical (unpaired) electrons. The largest absolute Gasteiger partial charge is 0.354 e. The first-order valence-corrected chi connectivity index (χ1v) is 6.22. The number of hydrogen-bond acceptors (Lipinski definition) is 4. The van der Waals surface area contributed by atoms with Gasteiger partial charge < -0.3 is 5.32 Å².